The first-order valence-electron chi connectivity index (χ1n) is 7.21. The zero-order chi connectivity index (χ0) is 13.4. The molecule has 3 atom stereocenters. The van der Waals surface area contributed by atoms with Gasteiger partial charge in [0.25, 0.3) is 0 Å². The average Bonchev–Trinajstić information content (AvgIpc) is 3.04. The van der Waals surface area contributed by atoms with Crippen LogP contribution in [-0.4, -0.2) is 33.2 Å². The Kier molecular flexibility index (Phi) is 3.31. The van der Waals surface area contributed by atoms with Crippen molar-refractivity contribution in [1.82, 2.24) is 14.7 Å². The molecule has 1 saturated heterocycles. The number of aromatic nitrogens is 2. The summed E-state index contributed by atoms with van der Waals surface area (Å²) in [4.78, 5) is 14.7. The Morgan fingerprint density at radius 3 is 2.95 bits per heavy atom. The van der Waals surface area contributed by atoms with Gasteiger partial charge in [-0.3, -0.25) is 9.48 Å². The van der Waals surface area contributed by atoms with E-state index >= 15 is 0 Å². The second-order valence-corrected chi connectivity index (χ2v) is 5.86. The Hall–Kier alpha value is -1.36. The summed E-state index contributed by atoms with van der Waals surface area (Å²) in [5.41, 5.74) is 6.93. The van der Waals surface area contributed by atoms with Crippen LogP contribution in [0.4, 0.5) is 0 Å². The van der Waals surface area contributed by atoms with Crippen molar-refractivity contribution < 1.29 is 4.79 Å². The summed E-state index contributed by atoms with van der Waals surface area (Å²) in [7, 11) is 1.84. The Labute approximate surface area is 113 Å². The van der Waals surface area contributed by atoms with Gasteiger partial charge in [0, 0.05) is 31.4 Å². The standard InChI is InChI=1S/C14H22N4O/c1-17-9-11(8-16-17)13(15)14(19)18-7-3-5-10-4-2-6-12(10)18/h8-10,12-13H,2-7,15H2,1H3. The SMILES string of the molecule is Cn1cc(C(N)C(=O)N2CCCC3CCCC32)cn1. The fourth-order valence-electron chi connectivity index (χ4n) is 3.65. The number of amides is 1. The Balaban J connectivity index is 1.75. The Bertz CT molecular complexity index is 470. The molecule has 104 valence electrons. The van der Waals surface area contributed by atoms with E-state index < -0.39 is 6.04 Å². The molecule has 5 nitrogen and oxygen atoms in total. The van der Waals surface area contributed by atoms with Gasteiger partial charge in [-0.15, -0.1) is 0 Å². The number of hydrogen-bond acceptors (Lipinski definition) is 3. The molecule has 0 bridgehead atoms. The van der Waals surface area contributed by atoms with Gasteiger partial charge in [0.05, 0.1) is 6.20 Å². The minimum atomic E-state index is -0.562. The maximum Gasteiger partial charge on any atom is 0.244 e. The van der Waals surface area contributed by atoms with Crippen LogP contribution < -0.4 is 5.73 Å². The van der Waals surface area contributed by atoms with E-state index in [1.807, 2.05) is 18.1 Å². The molecule has 1 aromatic rings. The first-order valence-corrected chi connectivity index (χ1v) is 7.21. The van der Waals surface area contributed by atoms with Crippen LogP contribution in [0.25, 0.3) is 0 Å². The normalized spacial score (nSPS) is 28.2. The van der Waals surface area contributed by atoms with Crippen LogP contribution in [0.3, 0.4) is 0 Å². The number of piperidine rings is 1. The molecule has 19 heavy (non-hydrogen) atoms. The maximum atomic E-state index is 12.6. The molecule has 1 aliphatic heterocycles. The smallest absolute Gasteiger partial charge is 0.244 e. The largest absolute Gasteiger partial charge is 0.338 e. The van der Waals surface area contributed by atoms with Crippen LogP contribution in [0.1, 0.15) is 43.7 Å². The van der Waals surface area contributed by atoms with Gasteiger partial charge < -0.3 is 10.6 Å². The van der Waals surface area contributed by atoms with Gasteiger partial charge >= 0.3 is 0 Å². The number of nitrogens with zero attached hydrogens (tertiary/aromatic N) is 3. The summed E-state index contributed by atoms with van der Waals surface area (Å²) in [6.45, 7) is 0.869. The molecule has 5 heteroatoms. The lowest BCUT2D eigenvalue weighted by Crippen LogP contribution is -2.49. The van der Waals surface area contributed by atoms with E-state index in [2.05, 4.69) is 5.10 Å². The van der Waals surface area contributed by atoms with Gasteiger partial charge in [-0.25, -0.2) is 0 Å². The molecule has 2 fully saturated rings. The lowest BCUT2D eigenvalue weighted by atomic mass is 9.91. The molecule has 0 radical (unpaired) electrons. The lowest BCUT2D eigenvalue weighted by Gasteiger charge is -2.39. The van der Waals surface area contributed by atoms with Crippen LogP contribution in [0.5, 0.6) is 0 Å². The first kappa shape index (κ1) is 12.7. The highest BCUT2D eigenvalue weighted by Crippen LogP contribution is 2.37. The third-order valence-electron chi connectivity index (χ3n) is 4.63. The second kappa shape index (κ2) is 4.96. The molecule has 2 aliphatic rings. The van der Waals surface area contributed by atoms with Crippen LogP contribution in [-0.2, 0) is 11.8 Å². The molecule has 2 N–H and O–H groups in total. The van der Waals surface area contributed by atoms with Crippen molar-refractivity contribution in [3.63, 3.8) is 0 Å². The summed E-state index contributed by atoms with van der Waals surface area (Å²) in [6.07, 6.45) is 9.59. The quantitative estimate of drug-likeness (QED) is 0.871. The number of aryl methyl sites for hydroxylation is 1. The number of likely N-dealkylation sites (tertiary alicyclic amines) is 1. The van der Waals surface area contributed by atoms with Crippen molar-refractivity contribution in [3.05, 3.63) is 18.0 Å². The van der Waals surface area contributed by atoms with E-state index in [1.54, 1.807) is 10.9 Å². The fourth-order valence-corrected chi connectivity index (χ4v) is 3.65. The van der Waals surface area contributed by atoms with Crippen molar-refractivity contribution in [2.45, 2.75) is 44.2 Å². The molecule has 0 spiro atoms. The molecule has 0 aromatic carbocycles. The summed E-state index contributed by atoms with van der Waals surface area (Å²) in [6, 6.07) is -0.128. The van der Waals surface area contributed by atoms with Crippen molar-refractivity contribution >= 4 is 5.91 Å². The van der Waals surface area contributed by atoms with E-state index in [-0.39, 0.29) is 5.91 Å². The van der Waals surface area contributed by atoms with E-state index in [1.165, 1.54) is 19.3 Å². The highest BCUT2D eigenvalue weighted by molar-refractivity contribution is 5.83. The highest BCUT2D eigenvalue weighted by atomic mass is 16.2. The predicted molar refractivity (Wildman–Crippen MR) is 72.2 cm³/mol. The number of fused-ring (bicyclic) bond motifs is 1. The van der Waals surface area contributed by atoms with Gasteiger partial charge in [-0.2, -0.15) is 5.10 Å². The number of nitrogens with two attached hydrogens (primary N) is 1. The number of carbonyl (C=O) groups is 1. The van der Waals surface area contributed by atoms with Crippen LogP contribution in [0, 0.1) is 5.92 Å². The van der Waals surface area contributed by atoms with Crippen molar-refractivity contribution in [2.75, 3.05) is 6.54 Å². The van der Waals surface area contributed by atoms with Gasteiger partial charge in [-0.1, -0.05) is 6.42 Å². The van der Waals surface area contributed by atoms with Gasteiger partial charge in [0.15, 0.2) is 0 Å². The molecule has 1 amide bonds. The molecule has 1 saturated carbocycles. The van der Waals surface area contributed by atoms with Crippen LogP contribution >= 0.6 is 0 Å². The van der Waals surface area contributed by atoms with Gasteiger partial charge in [0.1, 0.15) is 6.04 Å². The maximum absolute atomic E-state index is 12.6. The Morgan fingerprint density at radius 1 is 1.42 bits per heavy atom. The number of carbonyl (C=O) groups excluding carboxylic acids is 1. The molecule has 2 heterocycles. The van der Waals surface area contributed by atoms with Crippen LogP contribution in [0.15, 0.2) is 12.4 Å². The molecule has 3 rings (SSSR count). The molecule has 1 aromatic heterocycles. The second-order valence-electron chi connectivity index (χ2n) is 5.86. The fraction of sp³-hybridized carbons (Fsp3) is 0.714. The van der Waals surface area contributed by atoms with Crippen molar-refractivity contribution in [2.24, 2.45) is 18.7 Å². The summed E-state index contributed by atoms with van der Waals surface area (Å²) < 4.78 is 1.69. The highest BCUT2D eigenvalue weighted by Gasteiger charge is 2.38. The molecular formula is C14H22N4O. The Morgan fingerprint density at radius 2 is 2.21 bits per heavy atom. The van der Waals surface area contributed by atoms with E-state index in [0.717, 1.165) is 24.9 Å². The zero-order valence-electron chi connectivity index (χ0n) is 11.5. The van der Waals surface area contributed by atoms with Gasteiger partial charge in [0.2, 0.25) is 5.91 Å². The molecule has 1 aliphatic carbocycles. The third kappa shape index (κ3) is 2.27. The monoisotopic (exact) mass is 262 g/mol. The van der Waals surface area contributed by atoms with Crippen LogP contribution in [0.2, 0.25) is 0 Å². The summed E-state index contributed by atoms with van der Waals surface area (Å²) >= 11 is 0. The molecule has 3 unspecified atom stereocenters. The number of hydrogen-bond donors (Lipinski definition) is 1. The van der Waals surface area contributed by atoms with Crippen molar-refractivity contribution in [1.29, 1.82) is 0 Å². The molecular weight excluding hydrogens is 240 g/mol. The summed E-state index contributed by atoms with van der Waals surface area (Å²) in [5, 5.41) is 4.10. The van der Waals surface area contributed by atoms with E-state index in [0.29, 0.717) is 12.0 Å². The average molecular weight is 262 g/mol. The number of rotatable bonds is 2. The van der Waals surface area contributed by atoms with Crippen molar-refractivity contribution in [3.8, 4) is 0 Å². The third-order valence-corrected chi connectivity index (χ3v) is 4.63. The van der Waals surface area contributed by atoms with Gasteiger partial charge in [-0.05, 0) is 31.6 Å². The minimum Gasteiger partial charge on any atom is -0.338 e. The lowest BCUT2D eigenvalue weighted by molar-refractivity contribution is -0.137. The predicted octanol–water partition coefficient (Wildman–Crippen LogP) is 1.21. The minimum absolute atomic E-state index is 0.0737. The summed E-state index contributed by atoms with van der Waals surface area (Å²) in [5.74, 6) is 0.781. The zero-order valence-corrected chi connectivity index (χ0v) is 11.5. The van der Waals surface area contributed by atoms with E-state index in [4.69, 9.17) is 5.73 Å². The first-order chi connectivity index (χ1) is 9.16. The topological polar surface area (TPSA) is 64.2 Å². The van der Waals surface area contributed by atoms with E-state index in [9.17, 15) is 4.79 Å².